The first-order valence-corrected chi connectivity index (χ1v) is 9.75. The summed E-state index contributed by atoms with van der Waals surface area (Å²) >= 11 is 0. The predicted octanol–water partition coefficient (Wildman–Crippen LogP) is 3.20. The van der Waals surface area contributed by atoms with Crippen molar-refractivity contribution in [3.05, 3.63) is 101 Å². The van der Waals surface area contributed by atoms with Crippen LogP contribution in [0.4, 0.5) is 5.69 Å². The number of benzene rings is 3. The second-order valence-electron chi connectivity index (χ2n) is 7.05. The van der Waals surface area contributed by atoms with Crippen LogP contribution in [0.25, 0.3) is 0 Å². The Labute approximate surface area is 178 Å². The maximum Gasteiger partial charge on any atom is 0.280 e. The van der Waals surface area contributed by atoms with E-state index in [0.717, 1.165) is 5.56 Å². The fraction of sp³-hybridized carbons (Fsp3) is 0.0833. The van der Waals surface area contributed by atoms with Gasteiger partial charge in [-0.15, -0.1) is 0 Å². The molecule has 0 atom stereocenters. The van der Waals surface area contributed by atoms with Gasteiger partial charge in [-0.05, 0) is 42.3 Å². The number of nitrogens with one attached hydrogen (secondary N) is 2. The average Bonchev–Trinajstić information content (AvgIpc) is 3.03. The molecular formula is C24H19N3O4. The number of imide groups is 1. The maximum absolute atomic E-state index is 12.6. The van der Waals surface area contributed by atoms with Crippen molar-refractivity contribution in [2.45, 2.75) is 12.8 Å². The van der Waals surface area contributed by atoms with Crippen molar-refractivity contribution in [2.24, 2.45) is 0 Å². The minimum Gasteiger partial charge on any atom is -0.326 e. The number of hydrogen-bond acceptors (Lipinski definition) is 4. The van der Waals surface area contributed by atoms with Crippen molar-refractivity contribution >= 4 is 29.3 Å². The zero-order chi connectivity index (χ0) is 21.8. The van der Waals surface area contributed by atoms with Crippen molar-refractivity contribution in [1.29, 1.82) is 0 Å². The van der Waals surface area contributed by atoms with E-state index in [0.29, 0.717) is 23.5 Å². The molecule has 1 aliphatic rings. The number of amides is 4. The first kappa shape index (κ1) is 20.0. The second kappa shape index (κ2) is 8.62. The van der Waals surface area contributed by atoms with Gasteiger partial charge in [-0.25, -0.2) is 0 Å². The van der Waals surface area contributed by atoms with Crippen LogP contribution in [-0.2, 0) is 11.2 Å². The van der Waals surface area contributed by atoms with E-state index in [1.807, 2.05) is 30.3 Å². The molecule has 0 radical (unpaired) electrons. The third-order valence-electron chi connectivity index (χ3n) is 4.90. The Kier molecular flexibility index (Phi) is 5.57. The quantitative estimate of drug-likeness (QED) is 0.607. The van der Waals surface area contributed by atoms with Crippen molar-refractivity contribution in [2.75, 3.05) is 5.32 Å². The van der Waals surface area contributed by atoms with E-state index >= 15 is 0 Å². The van der Waals surface area contributed by atoms with Crippen LogP contribution >= 0.6 is 0 Å². The smallest absolute Gasteiger partial charge is 0.280 e. The lowest BCUT2D eigenvalue weighted by Gasteiger charge is -2.15. The summed E-state index contributed by atoms with van der Waals surface area (Å²) in [6, 6.07) is 22.4. The Hall–Kier alpha value is -4.26. The largest absolute Gasteiger partial charge is 0.326 e. The molecule has 0 saturated carbocycles. The van der Waals surface area contributed by atoms with Crippen LogP contribution in [0.15, 0.2) is 78.9 Å². The molecule has 0 spiro atoms. The monoisotopic (exact) mass is 413 g/mol. The number of rotatable bonds is 6. The molecule has 7 nitrogen and oxygen atoms in total. The Balaban J connectivity index is 1.39. The van der Waals surface area contributed by atoms with Crippen LogP contribution in [-0.4, -0.2) is 28.6 Å². The van der Waals surface area contributed by atoms with Gasteiger partial charge < -0.3 is 5.32 Å². The Morgan fingerprint density at radius 2 is 1.42 bits per heavy atom. The van der Waals surface area contributed by atoms with Gasteiger partial charge in [0.05, 0.1) is 11.1 Å². The lowest BCUT2D eigenvalue weighted by Crippen LogP contribution is -2.45. The first-order valence-electron chi connectivity index (χ1n) is 9.75. The third kappa shape index (κ3) is 4.35. The topological polar surface area (TPSA) is 95.6 Å². The molecule has 0 unspecified atom stereocenters. The lowest BCUT2D eigenvalue weighted by atomic mass is 10.1. The van der Waals surface area contributed by atoms with E-state index in [1.54, 1.807) is 24.3 Å². The van der Waals surface area contributed by atoms with Crippen LogP contribution in [0.2, 0.25) is 0 Å². The van der Waals surface area contributed by atoms with Gasteiger partial charge in [0.1, 0.15) is 0 Å². The third-order valence-corrected chi connectivity index (χ3v) is 4.90. The van der Waals surface area contributed by atoms with Crippen LogP contribution in [0.5, 0.6) is 0 Å². The molecule has 0 fully saturated rings. The normalized spacial score (nSPS) is 12.5. The molecule has 0 bridgehead atoms. The number of hydrazine groups is 1. The van der Waals surface area contributed by atoms with E-state index in [9.17, 15) is 19.2 Å². The summed E-state index contributed by atoms with van der Waals surface area (Å²) in [5.41, 5.74) is 4.56. The summed E-state index contributed by atoms with van der Waals surface area (Å²) in [6.45, 7) is 0. The molecule has 3 aromatic carbocycles. The highest BCUT2D eigenvalue weighted by Gasteiger charge is 2.36. The van der Waals surface area contributed by atoms with Gasteiger partial charge in [0.2, 0.25) is 5.91 Å². The van der Waals surface area contributed by atoms with Crippen molar-refractivity contribution in [3.63, 3.8) is 0 Å². The van der Waals surface area contributed by atoms with E-state index in [2.05, 4.69) is 10.7 Å². The van der Waals surface area contributed by atoms with Gasteiger partial charge in [-0.2, -0.15) is 5.01 Å². The van der Waals surface area contributed by atoms with Crippen LogP contribution in [0.1, 0.15) is 43.1 Å². The van der Waals surface area contributed by atoms with Crippen LogP contribution in [0.3, 0.4) is 0 Å². The molecule has 31 heavy (non-hydrogen) atoms. The number of fused-ring (bicyclic) bond motifs is 1. The number of anilines is 1. The summed E-state index contributed by atoms with van der Waals surface area (Å²) in [7, 11) is 0. The Morgan fingerprint density at radius 1 is 0.774 bits per heavy atom. The number of aryl methyl sites for hydroxylation is 1. The molecule has 2 N–H and O–H groups in total. The fourth-order valence-electron chi connectivity index (χ4n) is 3.32. The first-order chi connectivity index (χ1) is 15.0. The average molecular weight is 413 g/mol. The Morgan fingerprint density at radius 3 is 2.10 bits per heavy atom. The number of carbonyl (C=O) groups excluding carboxylic acids is 4. The predicted molar refractivity (Wildman–Crippen MR) is 114 cm³/mol. The lowest BCUT2D eigenvalue weighted by molar-refractivity contribution is -0.116. The molecule has 3 aromatic rings. The number of hydrogen-bond donors (Lipinski definition) is 2. The SMILES string of the molecule is O=C(CCc1ccccc1)Nc1cccc(C(=O)NN2C(=O)c3ccccc3C2=O)c1. The molecule has 4 rings (SSSR count). The summed E-state index contributed by atoms with van der Waals surface area (Å²) in [6.07, 6.45) is 0.905. The van der Waals surface area contributed by atoms with Crippen molar-refractivity contribution in [3.8, 4) is 0 Å². The van der Waals surface area contributed by atoms with Gasteiger partial charge >= 0.3 is 0 Å². The van der Waals surface area contributed by atoms with Crippen LogP contribution in [0, 0.1) is 0 Å². The standard InChI is InChI=1S/C24H19N3O4/c28-21(14-13-16-7-2-1-3-8-16)25-18-10-6-9-17(15-18)22(29)26-27-23(30)19-11-4-5-12-20(19)24(27)31/h1-12,15H,13-14H2,(H,25,28)(H,26,29). The maximum atomic E-state index is 12.6. The molecule has 0 saturated heterocycles. The second-order valence-corrected chi connectivity index (χ2v) is 7.05. The highest BCUT2D eigenvalue weighted by Crippen LogP contribution is 2.21. The van der Waals surface area contributed by atoms with Crippen molar-refractivity contribution in [1.82, 2.24) is 10.4 Å². The summed E-state index contributed by atoms with van der Waals surface area (Å²) in [5, 5.41) is 3.47. The van der Waals surface area contributed by atoms with Gasteiger partial charge in [-0.1, -0.05) is 48.5 Å². The molecule has 4 amide bonds. The zero-order valence-corrected chi connectivity index (χ0v) is 16.5. The molecule has 0 aliphatic carbocycles. The number of nitrogens with zero attached hydrogens (tertiary/aromatic N) is 1. The zero-order valence-electron chi connectivity index (χ0n) is 16.5. The molecule has 154 valence electrons. The van der Waals surface area contributed by atoms with E-state index in [-0.39, 0.29) is 22.6 Å². The summed E-state index contributed by atoms with van der Waals surface area (Å²) in [4.78, 5) is 49.7. The fourth-order valence-corrected chi connectivity index (χ4v) is 3.32. The molecule has 1 heterocycles. The van der Waals surface area contributed by atoms with E-state index in [1.165, 1.54) is 24.3 Å². The van der Waals surface area contributed by atoms with Gasteiger partial charge in [0.25, 0.3) is 17.7 Å². The molecule has 1 aliphatic heterocycles. The Bertz CT molecular complexity index is 1140. The summed E-state index contributed by atoms with van der Waals surface area (Å²) in [5.74, 6) is -1.98. The van der Waals surface area contributed by atoms with Gasteiger partial charge in [0.15, 0.2) is 0 Å². The minimum atomic E-state index is -0.630. The molecular weight excluding hydrogens is 394 g/mol. The highest BCUT2D eigenvalue weighted by molar-refractivity contribution is 6.22. The van der Waals surface area contributed by atoms with Crippen LogP contribution < -0.4 is 10.7 Å². The highest BCUT2D eigenvalue weighted by atomic mass is 16.2. The van der Waals surface area contributed by atoms with E-state index < -0.39 is 17.7 Å². The minimum absolute atomic E-state index is 0.179. The summed E-state index contributed by atoms with van der Waals surface area (Å²) < 4.78 is 0. The molecule has 7 heteroatoms. The van der Waals surface area contributed by atoms with Gasteiger partial charge in [-0.3, -0.25) is 24.6 Å². The van der Waals surface area contributed by atoms with E-state index in [4.69, 9.17) is 0 Å². The molecule has 0 aromatic heterocycles. The van der Waals surface area contributed by atoms with Crippen molar-refractivity contribution < 1.29 is 19.2 Å². The van der Waals surface area contributed by atoms with Gasteiger partial charge in [0, 0.05) is 17.7 Å². The number of carbonyl (C=O) groups is 4.